The zero-order valence-electron chi connectivity index (χ0n) is 13.5. The van der Waals surface area contributed by atoms with Crippen LogP contribution in [0.3, 0.4) is 0 Å². The number of aliphatic hydroxyl groups is 2. The van der Waals surface area contributed by atoms with Gasteiger partial charge in [0, 0.05) is 36.0 Å². The maximum atomic E-state index is 9.04. The maximum Gasteiger partial charge on any atom is 0.0558 e. The minimum Gasteiger partial charge on any atom is -0.395 e. The first-order valence-corrected chi connectivity index (χ1v) is 8.33. The molecular formula is C19H23ClN2O2. The molecule has 0 atom stereocenters. The van der Waals surface area contributed by atoms with Crippen LogP contribution >= 0.6 is 11.6 Å². The number of nitrogens with zero attached hydrogens (tertiary/aromatic N) is 1. The van der Waals surface area contributed by atoms with Crippen LogP contribution in [0, 0.1) is 0 Å². The molecular weight excluding hydrogens is 324 g/mol. The number of halogens is 1. The quantitative estimate of drug-likeness (QED) is 0.651. The highest BCUT2D eigenvalue weighted by Gasteiger charge is 2.02. The van der Waals surface area contributed by atoms with Gasteiger partial charge < -0.3 is 15.5 Å². The molecule has 2 rings (SSSR count). The van der Waals surface area contributed by atoms with E-state index in [2.05, 4.69) is 5.32 Å². The Kier molecular flexibility index (Phi) is 7.79. The molecule has 0 aromatic heterocycles. The number of benzene rings is 2. The van der Waals surface area contributed by atoms with Gasteiger partial charge in [-0.25, -0.2) is 0 Å². The van der Waals surface area contributed by atoms with E-state index in [-0.39, 0.29) is 13.2 Å². The van der Waals surface area contributed by atoms with Gasteiger partial charge in [0.2, 0.25) is 0 Å². The third-order valence-electron chi connectivity index (χ3n) is 3.56. The Morgan fingerprint density at radius 1 is 1.00 bits per heavy atom. The number of hydrogen-bond donors (Lipinski definition) is 3. The highest BCUT2D eigenvalue weighted by Crippen LogP contribution is 2.23. The second kappa shape index (κ2) is 10.1. The van der Waals surface area contributed by atoms with Crippen LogP contribution in [-0.2, 0) is 0 Å². The van der Waals surface area contributed by atoms with Crippen LogP contribution in [-0.4, -0.2) is 48.0 Å². The van der Waals surface area contributed by atoms with Gasteiger partial charge in [0.1, 0.15) is 0 Å². The first-order chi connectivity index (χ1) is 11.7. The van der Waals surface area contributed by atoms with Crippen molar-refractivity contribution in [2.45, 2.75) is 0 Å². The summed E-state index contributed by atoms with van der Waals surface area (Å²) in [4.78, 5) is 1.99. The number of rotatable bonds is 9. The lowest BCUT2D eigenvalue weighted by molar-refractivity contribution is 0.172. The molecule has 0 amide bonds. The van der Waals surface area contributed by atoms with E-state index >= 15 is 0 Å². The number of anilines is 2. The molecule has 4 nitrogen and oxygen atoms in total. The lowest BCUT2D eigenvalue weighted by atomic mass is 10.1. The van der Waals surface area contributed by atoms with E-state index in [9.17, 15) is 0 Å². The molecule has 0 saturated carbocycles. The second-order valence-corrected chi connectivity index (χ2v) is 5.81. The van der Waals surface area contributed by atoms with Gasteiger partial charge in [-0.2, -0.15) is 0 Å². The van der Waals surface area contributed by atoms with Crippen LogP contribution in [0.5, 0.6) is 0 Å². The highest BCUT2D eigenvalue weighted by atomic mass is 35.5. The molecule has 0 fully saturated rings. The Labute approximate surface area is 148 Å². The van der Waals surface area contributed by atoms with Gasteiger partial charge >= 0.3 is 0 Å². The molecule has 0 radical (unpaired) electrons. The van der Waals surface area contributed by atoms with Crippen LogP contribution in [0.4, 0.5) is 11.4 Å². The van der Waals surface area contributed by atoms with E-state index in [1.165, 1.54) is 0 Å². The van der Waals surface area contributed by atoms with Crippen molar-refractivity contribution < 1.29 is 10.2 Å². The summed E-state index contributed by atoms with van der Waals surface area (Å²) in [5, 5.41) is 22.1. The smallest absolute Gasteiger partial charge is 0.0558 e. The Morgan fingerprint density at radius 2 is 1.75 bits per heavy atom. The summed E-state index contributed by atoms with van der Waals surface area (Å²) in [6.45, 7) is 1.94. The molecule has 0 spiro atoms. The van der Waals surface area contributed by atoms with Crippen LogP contribution < -0.4 is 5.32 Å². The Morgan fingerprint density at radius 3 is 2.46 bits per heavy atom. The summed E-state index contributed by atoms with van der Waals surface area (Å²) in [5.74, 6) is 0. The fourth-order valence-electron chi connectivity index (χ4n) is 2.38. The highest BCUT2D eigenvalue weighted by molar-refractivity contribution is 6.30. The topological polar surface area (TPSA) is 55.7 Å². The van der Waals surface area contributed by atoms with Crippen LogP contribution in [0.1, 0.15) is 5.56 Å². The number of aliphatic hydroxyl groups excluding tert-OH is 2. The van der Waals surface area contributed by atoms with Gasteiger partial charge in [0.05, 0.1) is 13.2 Å². The molecule has 5 heteroatoms. The summed E-state index contributed by atoms with van der Waals surface area (Å²) in [5.41, 5.74) is 2.99. The normalized spacial score (nSPS) is 11.3. The molecule has 0 saturated heterocycles. The monoisotopic (exact) mass is 346 g/mol. The lowest BCUT2D eigenvalue weighted by Gasteiger charge is -2.17. The Bertz CT molecular complexity index is 655. The maximum absolute atomic E-state index is 9.04. The molecule has 0 aliphatic carbocycles. The summed E-state index contributed by atoms with van der Waals surface area (Å²) in [6, 6.07) is 15.6. The molecule has 0 bridgehead atoms. The molecule has 0 unspecified atom stereocenters. The predicted octanol–water partition coefficient (Wildman–Crippen LogP) is 3.38. The molecule has 3 N–H and O–H groups in total. The predicted molar refractivity (Wildman–Crippen MR) is 101 cm³/mol. The van der Waals surface area contributed by atoms with Crippen molar-refractivity contribution in [2.24, 2.45) is 0 Å². The van der Waals surface area contributed by atoms with E-state index in [0.717, 1.165) is 16.9 Å². The van der Waals surface area contributed by atoms with Gasteiger partial charge in [-0.3, -0.25) is 4.90 Å². The zero-order valence-corrected chi connectivity index (χ0v) is 14.3. The van der Waals surface area contributed by atoms with E-state index in [0.29, 0.717) is 24.7 Å². The molecule has 2 aromatic carbocycles. The number of hydrogen-bond acceptors (Lipinski definition) is 4. The second-order valence-electron chi connectivity index (χ2n) is 5.37. The average Bonchev–Trinajstić information content (AvgIpc) is 2.57. The zero-order chi connectivity index (χ0) is 17.2. The van der Waals surface area contributed by atoms with Crippen molar-refractivity contribution in [1.29, 1.82) is 0 Å². The van der Waals surface area contributed by atoms with Crippen molar-refractivity contribution >= 4 is 29.1 Å². The van der Waals surface area contributed by atoms with Gasteiger partial charge in [0.25, 0.3) is 0 Å². The molecule has 128 valence electrons. The van der Waals surface area contributed by atoms with E-state index in [1.807, 2.05) is 65.6 Å². The SMILES string of the molecule is OCCN(C/C=C/c1ccccc1Nc1cccc(Cl)c1)CCO. The van der Waals surface area contributed by atoms with Gasteiger partial charge in [-0.1, -0.05) is 48.0 Å². The van der Waals surface area contributed by atoms with Crippen LogP contribution in [0.2, 0.25) is 5.02 Å². The summed E-state index contributed by atoms with van der Waals surface area (Å²) in [7, 11) is 0. The third-order valence-corrected chi connectivity index (χ3v) is 3.79. The Balaban J connectivity index is 2.06. The van der Waals surface area contributed by atoms with Crippen molar-refractivity contribution in [2.75, 3.05) is 38.2 Å². The summed E-state index contributed by atoms with van der Waals surface area (Å²) < 4.78 is 0. The number of para-hydroxylation sites is 1. The van der Waals surface area contributed by atoms with Crippen molar-refractivity contribution in [1.82, 2.24) is 4.90 Å². The van der Waals surface area contributed by atoms with Crippen LogP contribution in [0.15, 0.2) is 54.6 Å². The lowest BCUT2D eigenvalue weighted by Crippen LogP contribution is -2.29. The average molecular weight is 347 g/mol. The third kappa shape index (κ3) is 5.98. The fraction of sp³-hybridized carbons (Fsp3) is 0.263. The first kappa shape index (κ1) is 18.5. The minimum absolute atomic E-state index is 0.0841. The molecule has 2 aromatic rings. The first-order valence-electron chi connectivity index (χ1n) is 7.95. The fourth-order valence-corrected chi connectivity index (χ4v) is 2.57. The molecule has 0 heterocycles. The van der Waals surface area contributed by atoms with Crippen molar-refractivity contribution in [3.63, 3.8) is 0 Å². The van der Waals surface area contributed by atoms with Gasteiger partial charge in [-0.15, -0.1) is 0 Å². The van der Waals surface area contributed by atoms with Gasteiger partial charge in [0.15, 0.2) is 0 Å². The Hall–Kier alpha value is -1.85. The largest absolute Gasteiger partial charge is 0.395 e. The van der Waals surface area contributed by atoms with E-state index in [1.54, 1.807) is 0 Å². The summed E-state index contributed by atoms with van der Waals surface area (Å²) in [6.07, 6.45) is 4.07. The molecule has 0 aliphatic heterocycles. The van der Waals surface area contributed by atoms with E-state index < -0.39 is 0 Å². The van der Waals surface area contributed by atoms with E-state index in [4.69, 9.17) is 21.8 Å². The molecule has 24 heavy (non-hydrogen) atoms. The number of nitrogens with one attached hydrogen (secondary N) is 1. The van der Waals surface area contributed by atoms with Crippen molar-refractivity contribution in [3.05, 3.63) is 65.2 Å². The van der Waals surface area contributed by atoms with Gasteiger partial charge in [-0.05, 0) is 29.8 Å². The van der Waals surface area contributed by atoms with Crippen molar-refractivity contribution in [3.8, 4) is 0 Å². The van der Waals surface area contributed by atoms with Crippen LogP contribution in [0.25, 0.3) is 6.08 Å². The molecule has 0 aliphatic rings. The summed E-state index contributed by atoms with van der Waals surface area (Å²) >= 11 is 6.03. The minimum atomic E-state index is 0.0841. The standard InChI is InChI=1S/C19H23ClN2O2/c20-17-7-3-8-18(15-17)21-19-9-2-1-5-16(19)6-4-10-22(11-13-23)12-14-24/h1-9,15,21,23-24H,10-14H2/b6-4+.